The first-order valence-electron chi connectivity index (χ1n) is 18.7. The zero-order valence-corrected chi connectivity index (χ0v) is 32.0. The molecule has 0 aliphatic carbocycles. The van der Waals surface area contributed by atoms with Crippen LogP contribution >= 0.6 is 0 Å². The molecule has 51 heavy (non-hydrogen) atoms. The molecule has 274 valence electrons. The minimum atomic E-state index is -1.60. The molecule has 0 saturated heterocycles. The van der Waals surface area contributed by atoms with Crippen molar-refractivity contribution in [1.29, 1.82) is 0 Å². The Bertz CT molecular complexity index is 1610. The normalized spacial score (nSPS) is 17.3. The fourth-order valence-electron chi connectivity index (χ4n) is 7.75. The van der Waals surface area contributed by atoms with E-state index in [-0.39, 0.29) is 4.59 Å². The van der Waals surface area contributed by atoms with E-state index in [1.807, 2.05) is 27.0 Å². The summed E-state index contributed by atoms with van der Waals surface area (Å²) < 4.78 is 26.8. The number of hydrogen-bond donors (Lipinski definition) is 1. The standard InChI is InChI=1S/C45H61N2O4/c1-8-11-36-51-43(5,50-35-9-2)45(48-7,49-10-3)47(6,46)42(40-28-19-14-20-29-40)44(41-30-22-21-23-37(41)4,33-31-38-24-15-12-16-25-38)34-32-39-26-17-13-18-27-39/h12-31,33,42H,8-11,32,34-36,46H2,1-7H3/q+1. The van der Waals surface area contributed by atoms with Crippen LogP contribution in [0.3, 0.4) is 0 Å². The van der Waals surface area contributed by atoms with Gasteiger partial charge in [0, 0.05) is 19.6 Å². The number of hydrogen-bond acceptors (Lipinski definition) is 5. The Labute approximate surface area is 307 Å². The van der Waals surface area contributed by atoms with Gasteiger partial charge in [0.15, 0.2) is 0 Å². The maximum absolute atomic E-state index is 8.04. The van der Waals surface area contributed by atoms with Crippen molar-refractivity contribution < 1.29 is 23.5 Å². The van der Waals surface area contributed by atoms with E-state index >= 15 is 0 Å². The summed E-state index contributed by atoms with van der Waals surface area (Å²) in [5.74, 6) is 5.06. The van der Waals surface area contributed by atoms with Gasteiger partial charge in [0.2, 0.25) is 0 Å². The molecule has 0 spiro atoms. The fraction of sp³-hybridized carbons (Fsp3) is 0.422. The van der Waals surface area contributed by atoms with Gasteiger partial charge in [-0.2, -0.15) is 10.4 Å². The molecule has 6 nitrogen and oxygen atoms in total. The first kappa shape index (κ1) is 40.2. The maximum atomic E-state index is 8.04. The van der Waals surface area contributed by atoms with Crippen molar-refractivity contribution in [2.45, 2.75) is 89.9 Å². The van der Waals surface area contributed by atoms with Gasteiger partial charge in [-0.05, 0) is 61.8 Å². The smallest absolute Gasteiger partial charge is 0.341 e. The summed E-state index contributed by atoms with van der Waals surface area (Å²) in [5, 5.41) is 0. The first-order chi connectivity index (χ1) is 24.6. The molecule has 4 rings (SSSR count). The predicted molar refractivity (Wildman–Crippen MR) is 210 cm³/mol. The highest BCUT2D eigenvalue weighted by Crippen LogP contribution is 2.54. The SMILES string of the molecule is CCCCOC(C)(OCCC)C(OC)(OCC)[N+](C)(N)C(c1ccccc1)C(C=Cc1ccccc1)(CCc1ccccc1)c1ccccc1C. The van der Waals surface area contributed by atoms with Gasteiger partial charge < -0.3 is 14.2 Å². The summed E-state index contributed by atoms with van der Waals surface area (Å²) in [6.45, 7) is 11.6. The van der Waals surface area contributed by atoms with E-state index in [1.54, 1.807) is 7.11 Å². The van der Waals surface area contributed by atoms with Crippen molar-refractivity contribution in [2.75, 3.05) is 34.0 Å². The van der Waals surface area contributed by atoms with Crippen LogP contribution in [0, 0.1) is 6.92 Å². The lowest BCUT2D eigenvalue weighted by Crippen LogP contribution is -2.80. The lowest BCUT2D eigenvalue weighted by atomic mass is 9.65. The van der Waals surface area contributed by atoms with Crippen LogP contribution in [-0.2, 0) is 30.8 Å². The lowest BCUT2D eigenvalue weighted by Gasteiger charge is -2.57. The molecule has 5 atom stereocenters. The van der Waals surface area contributed by atoms with Crippen LogP contribution < -0.4 is 5.84 Å². The van der Waals surface area contributed by atoms with E-state index < -0.39 is 23.2 Å². The number of benzene rings is 4. The highest BCUT2D eigenvalue weighted by atomic mass is 16.8. The second-order valence-electron chi connectivity index (χ2n) is 13.8. The topological polar surface area (TPSA) is 62.9 Å². The molecule has 6 heteroatoms. The predicted octanol–water partition coefficient (Wildman–Crippen LogP) is 9.94. The van der Waals surface area contributed by atoms with Gasteiger partial charge in [-0.1, -0.05) is 148 Å². The molecule has 0 aliphatic rings. The number of ether oxygens (including phenoxy) is 4. The van der Waals surface area contributed by atoms with Crippen LogP contribution in [0.25, 0.3) is 6.08 Å². The Balaban J connectivity index is 2.14. The molecule has 2 N–H and O–H groups in total. The summed E-state index contributed by atoms with van der Waals surface area (Å²) in [6, 6.07) is 40.0. The van der Waals surface area contributed by atoms with Crippen molar-refractivity contribution in [3.63, 3.8) is 0 Å². The number of methoxy groups -OCH3 is 1. The van der Waals surface area contributed by atoms with E-state index in [9.17, 15) is 0 Å². The molecule has 0 aliphatic heterocycles. The second-order valence-corrected chi connectivity index (χ2v) is 13.8. The van der Waals surface area contributed by atoms with Gasteiger partial charge in [0.05, 0.1) is 32.3 Å². The van der Waals surface area contributed by atoms with Crippen molar-refractivity contribution in [1.82, 2.24) is 0 Å². The highest BCUT2D eigenvalue weighted by Gasteiger charge is 2.70. The number of nitrogens with zero attached hydrogens (tertiary/aromatic N) is 1. The number of nitrogens with two attached hydrogens (primary N) is 1. The molecule has 0 aromatic heterocycles. The molecule has 0 heterocycles. The molecular formula is C45H61N2O4+. The average Bonchev–Trinajstić information content (AvgIpc) is 3.15. The highest BCUT2D eigenvalue weighted by molar-refractivity contribution is 5.54. The minimum absolute atomic E-state index is 0.254. The number of rotatable bonds is 21. The van der Waals surface area contributed by atoms with E-state index in [0.29, 0.717) is 19.8 Å². The average molecular weight is 694 g/mol. The maximum Gasteiger partial charge on any atom is 0.393 e. The quantitative estimate of drug-likeness (QED) is 0.0310. The number of unbranched alkanes of at least 4 members (excludes halogenated alkanes) is 1. The minimum Gasteiger partial charge on any atom is -0.341 e. The Kier molecular flexibility index (Phi) is 14.8. The molecule has 5 unspecified atom stereocenters. The van der Waals surface area contributed by atoms with Crippen molar-refractivity contribution in [3.05, 3.63) is 149 Å². The lowest BCUT2D eigenvalue weighted by molar-refractivity contribution is -1.06. The Morgan fingerprint density at radius 2 is 1.33 bits per heavy atom. The summed E-state index contributed by atoms with van der Waals surface area (Å²) >= 11 is 0. The Hall–Kier alpha value is -3.62. The van der Waals surface area contributed by atoms with Crippen LogP contribution in [0.5, 0.6) is 0 Å². The van der Waals surface area contributed by atoms with Crippen LogP contribution in [0.1, 0.15) is 87.2 Å². The zero-order valence-electron chi connectivity index (χ0n) is 32.0. The van der Waals surface area contributed by atoms with Gasteiger partial charge in [0.25, 0.3) is 5.79 Å². The third-order valence-electron chi connectivity index (χ3n) is 10.1. The van der Waals surface area contributed by atoms with Crippen LogP contribution in [0.4, 0.5) is 0 Å². The Morgan fingerprint density at radius 1 is 0.745 bits per heavy atom. The van der Waals surface area contributed by atoms with E-state index in [2.05, 4.69) is 142 Å². The molecule has 4 aromatic carbocycles. The van der Waals surface area contributed by atoms with Crippen LogP contribution in [0.2, 0.25) is 0 Å². The molecule has 0 fully saturated rings. The summed E-state index contributed by atoms with van der Waals surface area (Å²) in [5.41, 5.74) is 5.06. The van der Waals surface area contributed by atoms with Crippen molar-refractivity contribution in [3.8, 4) is 0 Å². The van der Waals surface area contributed by atoms with E-state index in [0.717, 1.165) is 43.2 Å². The summed E-state index contributed by atoms with van der Waals surface area (Å²) in [6.07, 6.45) is 8.79. The fourth-order valence-corrected chi connectivity index (χ4v) is 7.75. The van der Waals surface area contributed by atoms with E-state index in [4.69, 9.17) is 24.8 Å². The van der Waals surface area contributed by atoms with Crippen LogP contribution in [0.15, 0.2) is 121 Å². The summed E-state index contributed by atoms with van der Waals surface area (Å²) in [4.78, 5) is 0. The van der Waals surface area contributed by atoms with Crippen molar-refractivity contribution in [2.24, 2.45) is 5.84 Å². The molecule has 4 aromatic rings. The number of likely N-dealkylation sites (N-methyl/N-ethyl adjacent to an activating group) is 1. The third-order valence-corrected chi connectivity index (χ3v) is 10.1. The Morgan fingerprint density at radius 3 is 1.92 bits per heavy atom. The van der Waals surface area contributed by atoms with Gasteiger partial charge in [0.1, 0.15) is 6.04 Å². The van der Waals surface area contributed by atoms with Crippen LogP contribution in [-0.4, -0.2) is 50.3 Å². The van der Waals surface area contributed by atoms with Gasteiger partial charge in [-0.25, -0.2) is 0 Å². The number of aryl methyl sites for hydroxylation is 2. The molecule has 0 bridgehead atoms. The molecule has 0 radical (unpaired) electrons. The number of quaternary nitrogens is 1. The monoisotopic (exact) mass is 693 g/mol. The van der Waals surface area contributed by atoms with E-state index in [1.165, 1.54) is 16.7 Å². The zero-order chi connectivity index (χ0) is 36.8. The summed E-state index contributed by atoms with van der Waals surface area (Å²) in [7, 11) is 3.68. The first-order valence-corrected chi connectivity index (χ1v) is 18.7. The van der Waals surface area contributed by atoms with Gasteiger partial charge >= 0.3 is 5.91 Å². The molecular weight excluding hydrogens is 633 g/mol. The molecule has 0 amide bonds. The van der Waals surface area contributed by atoms with Gasteiger partial charge in [-0.15, -0.1) is 0 Å². The van der Waals surface area contributed by atoms with Crippen molar-refractivity contribution >= 4 is 6.08 Å². The third kappa shape index (κ3) is 8.89. The molecule has 0 saturated carbocycles. The largest absolute Gasteiger partial charge is 0.393 e. The second kappa shape index (κ2) is 18.7. The van der Waals surface area contributed by atoms with Gasteiger partial charge in [-0.3, -0.25) is 4.74 Å².